The topological polar surface area (TPSA) is 72.0 Å². The van der Waals surface area contributed by atoms with E-state index in [1.807, 2.05) is 25.1 Å². The zero-order valence-corrected chi connectivity index (χ0v) is 18.2. The van der Waals surface area contributed by atoms with Crippen molar-refractivity contribution in [3.05, 3.63) is 29.3 Å². The minimum Gasteiger partial charge on any atom is -0.493 e. The average Bonchev–Trinajstić information content (AvgIpc) is 3.17. The van der Waals surface area contributed by atoms with E-state index < -0.39 is 10.0 Å². The molecule has 1 aromatic heterocycles. The molecule has 1 saturated heterocycles. The molecule has 1 aliphatic rings. The van der Waals surface area contributed by atoms with E-state index in [1.165, 1.54) is 0 Å². The number of piperazine rings is 1. The second-order valence-corrected chi connectivity index (χ2v) is 9.63. The maximum Gasteiger partial charge on any atom is 0.213 e. The Morgan fingerprint density at radius 1 is 1.14 bits per heavy atom. The Hall–Kier alpha value is -1.68. The van der Waals surface area contributed by atoms with E-state index in [-0.39, 0.29) is 5.75 Å². The fourth-order valence-electron chi connectivity index (χ4n) is 3.17. The summed E-state index contributed by atoms with van der Waals surface area (Å²) in [4.78, 5) is 7.01. The normalized spacial score (nSPS) is 16.2. The highest BCUT2D eigenvalue weighted by Crippen LogP contribution is 2.34. The molecule has 0 amide bonds. The molecule has 0 spiro atoms. The van der Waals surface area contributed by atoms with Crippen LogP contribution in [0, 0.1) is 0 Å². The van der Waals surface area contributed by atoms with Crippen LogP contribution in [0.15, 0.2) is 23.6 Å². The average molecular weight is 426 g/mol. The minimum atomic E-state index is -3.09. The SMILES string of the molecule is CCOc1ccc(-c2nc(CN3CCN(S(=O)(=O)CC)CC3)cs2)cc1OC. The van der Waals surface area contributed by atoms with Crippen molar-refractivity contribution in [1.82, 2.24) is 14.2 Å². The van der Waals surface area contributed by atoms with Gasteiger partial charge in [0, 0.05) is 43.7 Å². The maximum atomic E-state index is 12.0. The van der Waals surface area contributed by atoms with Crippen LogP contribution in [0.5, 0.6) is 11.5 Å². The van der Waals surface area contributed by atoms with Gasteiger partial charge in [-0.2, -0.15) is 4.31 Å². The van der Waals surface area contributed by atoms with Gasteiger partial charge in [-0.15, -0.1) is 11.3 Å². The molecule has 0 bridgehead atoms. The summed E-state index contributed by atoms with van der Waals surface area (Å²) in [7, 11) is -1.46. The van der Waals surface area contributed by atoms with Crippen molar-refractivity contribution in [2.45, 2.75) is 20.4 Å². The molecular weight excluding hydrogens is 398 g/mol. The van der Waals surface area contributed by atoms with Crippen molar-refractivity contribution >= 4 is 21.4 Å². The van der Waals surface area contributed by atoms with Crippen molar-refractivity contribution in [3.8, 4) is 22.1 Å². The molecule has 0 atom stereocenters. The molecule has 154 valence electrons. The van der Waals surface area contributed by atoms with Gasteiger partial charge in [0.15, 0.2) is 11.5 Å². The van der Waals surface area contributed by atoms with Gasteiger partial charge in [0.05, 0.1) is 25.2 Å². The molecule has 0 radical (unpaired) electrons. The molecule has 0 N–H and O–H groups in total. The van der Waals surface area contributed by atoms with Crippen LogP contribution in [-0.2, 0) is 16.6 Å². The summed E-state index contributed by atoms with van der Waals surface area (Å²) in [6.07, 6.45) is 0. The smallest absolute Gasteiger partial charge is 0.213 e. The van der Waals surface area contributed by atoms with Crippen molar-refractivity contribution in [1.29, 1.82) is 0 Å². The van der Waals surface area contributed by atoms with E-state index in [2.05, 4.69) is 10.3 Å². The molecule has 3 rings (SSSR count). The summed E-state index contributed by atoms with van der Waals surface area (Å²) in [6.45, 7) is 7.49. The van der Waals surface area contributed by atoms with E-state index in [1.54, 1.807) is 29.7 Å². The number of benzene rings is 1. The van der Waals surface area contributed by atoms with Crippen molar-refractivity contribution < 1.29 is 17.9 Å². The van der Waals surface area contributed by atoms with Crippen molar-refractivity contribution in [2.24, 2.45) is 0 Å². The lowest BCUT2D eigenvalue weighted by atomic mass is 10.2. The minimum absolute atomic E-state index is 0.161. The van der Waals surface area contributed by atoms with Gasteiger partial charge in [-0.1, -0.05) is 0 Å². The van der Waals surface area contributed by atoms with Crippen LogP contribution in [-0.4, -0.2) is 68.3 Å². The van der Waals surface area contributed by atoms with E-state index in [0.29, 0.717) is 25.4 Å². The van der Waals surface area contributed by atoms with E-state index >= 15 is 0 Å². The number of aromatic nitrogens is 1. The van der Waals surface area contributed by atoms with Crippen LogP contribution in [0.1, 0.15) is 19.5 Å². The largest absolute Gasteiger partial charge is 0.493 e. The third kappa shape index (κ3) is 4.83. The lowest BCUT2D eigenvalue weighted by Gasteiger charge is -2.33. The fourth-order valence-corrected chi connectivity index (χ4v) is 5.06. The first kappa shape index (κ1) is 21.0. The summed E-state index contributed by atoms with van der Waals surface area (Å²) in [5.41, 5.74) is 2.00. The van der Waals surface area contributed by atoms with Gasteiger partial charge in [-0.05, 0) is 32.0 Å². The van der Waals surface area contributed by atoms with Gasteiger partial charge in [0.2, 0.25) is 10.0 Å². The van der Waals surface area contributed by atoms with Gasteiger partial charge in [-0.25, -0.2) is 13.4 Å². The van der Waals surface area contributed by atoms with Gasteiger partial charge >= 0.3 is 0 Å². The number of methoxy groups -OCH3 is 1. The summed E-state index contributed by atoms with van der Waals surface area (Å²) in [5, 5.41) is 3.00. The fraction of sp³-hybridized carbons (Fsp3) is 0.526. The van der Waals surface area contributed by atoms with Crippen LogP contribution in [0.4, 0.5) is 0 Å². The highest BCUT2D eigenvalue weighted by atomic mass is 32.2. The molecule has 1 aliphatic heterocycles. The second-order valence-electron chi connectivity index (χ2n) is 6.52. The lowest BCUT2D eigenvalue weighted by Crippen LogP contribution is -2.48. The molecular formula is C19H27N3O4S2. The monoisotopic (exact) mass is 425 g/mol. The number of rotatable bonds is 8. The number of ether oxygens (including phenoxy) is 2. The van der Waals surface area contributed by atoms with Crippen LogP contribution in [0.3, 0.4) is 0 Å². The first-order chi connectivity index (χ1) is 13.5. The van der Waals surface area contributed by atoms with Crippen LogP contribution in [0.2, 0.25) is 0 Å². The highest BCUT2D eigenvalue weighted by Gasteiger charge is 2.25. The van der Waals surface area contributed by atoms with E-state index in [0.717, 1.165) is 41.6 Å². The van der Waals surface area contributed by atoms with E-state index in [9.17, 15) is 8.42 Å². The van der Waals surface area contributed by atoms with Crippen molar-refractivity contribution in [3.63, 3.8) is 0 Å². The summed E-state index contributed by atoms with van der Waals surface area (Å²) in [6, 6.07) is 5.85. The van der Waals surface area contributed by atoms with Crippen LogP contribution >= 0.6 is 11.3 Å². The zero-order chi connectivity index (χ0) is 20.1. The van der Waals surface area contributed by atoms with Crippen LogP contribution < -0.4 is 9.47 Å². The highest BCUT2D eigenvalue weighted by molar-refractivity contribution is 7.89. The predicted molar refractivity (Wildman–Crippen MR) is 112 cm³/mol. The molecule has 7 nitrogen and oxygen atoms in total. The summed E-state index contributed by atoms with van der Waals surface area (Å²) < 4.78 is 36.5. The number of hydrogen-bond acceptors (Lipinski definition) is 7. The van der Waals surface area contributed by atoms with Gasteiger partial charge < -0.3 is 9.47 Å². The Balaban J connectivity index is 1.64. The third-order valence-electron chi connectivity index (χ3n) is 4.74. The first-order valence-electron chi connectivity index (χ1n) is 9.42. The Kier molecular flexibility index (Phi) is 6.92. The molecule has 2 aromatic rings. The predicted octanol–water partition coefficient (Wildman–Crippen LogP) is 2.68. The van der Waals surface area contributed by atoms with Crippen molar-refractivity contribution in [2.75, 3.05) is 45.6 Å². The molecule has 0 aliphatic carbocycles. The van der Waals surface area contributed by atoms with Gasteiger partial charge in [0.1, 0.15) is 5.01 Å². The maximum absolute atomic E-state index is 12.0. The lowest BCUT2D eigenvalue weighted by molar-refractivity contribution is 0.180. The first-order valence-corrected chi connectivity index (χ1v) is 11.9. The van der Waals surface area contributed by atoms with E-state index in [4.69, 9.17) is 14.5 Å². The standard InChI is InChI=1S/C19H27N3O4S2/c1-4-26-17-7-6-15(12-18(17)25-3)19-20-16(14-27-19)13-21-8-10-22(11-9-21)28(23,24)5-2/h6-7,12,14H,4-5,8-11,13H2,1-3H3. The second kappa shape index (κ2) is 9.21. The molecule has 0 saturated carbocycles. The molecule has 1 fully saturated rings. The molecule has 0 unspecified atom stereocenters. The number of sulfonamides is 1. The summed E-state index contributed by atoms with van der Waals surface area (Å²) in [5.74, 6) is 1.59. The number of hydrogen-bond donors (Lipinski definition) is 0. The third-order valence-corrected chi connectivity index (χ3v) is 7.56. The molecule has 2 heterocycles. The zero-order valence-electron chi connectivity index (χ0n) is 16.6. The number of thiazole rings is 1. The molecule has 28 heavy (non-hydrogen) atoms. The Bertz CT molecular complexity index is 890. The molecule has 1 aromatic carbocycles. The number of nitrogens with zero attached hydrogens (tertiary/aromatic N) is 3. The van der Waals surface area contributed by atoms with Crippen LogP contribution in [0.25, 0.3) is 10.6 Å². The molecule has 9 heteroatoms. The Labute approximate surface area is 170 Å². The quantitative estimate of drug-likeness (QED) is 0.648. The summed E-state index contributed by atoms with van der Waals surface area (Å²) >= 11 is 1.60. The Morgan fingerprint density at radius 2 is 1.89 bits per heavy atom. The van der Waals surface area contributed by atoms with Gasteiger partial charge in [-0.3, -0.25) is 4.90 Å². The van der Waals surface area contributed by atoms with Gasteiger partial charge in [0.25, 0.3) is 0 Å². The Morgan fingerprint density at radius 3 is 2.54 bits per heavy atom.